The molecule has 0 atom stereocenters. The van der Waals surface area contributed by atoms with E-state index in [1.54, 1.807) is 19.2 Å². The Balaban J connectivity index is 1.85. The number of aromatic nitrogens is 3. The number of hydrogen-bond acceptors (Lipinski definition) is 6. The number of fused-ring (bicyclic) bond motifs is 1. The summed E-state index contributed by atoms with van der Waals surface area (Å²) in [6.07, 6.45) is 0.627. The van der Waals surface area contributed by atoms with Gasteiger partial charge in [0.05, 0.1) is 11.2 Å². The molecule has 0 unspecified atom stereocenters. The molecule has 3 aromatic heterocycles. The van der Waals surface area contributed by atoms with Crippen molar-refractivity contribution in [2.45, 2.75) is 17.6 Å². The third-order valence-electron chi connectivity index (χ3n) is 4.77. The monoisotopic (exact) mass is 461 g/mol. The molecule has 0 aliphatic heterocycles. The van der Waals surface area contributed by atoms with Gasteiger partial charge in [0.2, 0.25) is 0 Å². The Morgan fingerprint density at radius 2 is 1.88 bits per heavy atom. The van der Waals surface area contributed by atoms with Crippen LogP contribution in [0.1, 0.15) is 11.3 Å². The van der Waals surface area contributed by atoms with Crippen LogP contribution < -0.4 is 10.6 Å². The van der Waals surface area contributed by atoms with E-state index in [0.29, 0.717) is 17.4 Å². The minimum Gasteiger partial charge on any atom is -0.354 e. The van der Waals surface area contributed by atoms with Gasteiger partial charge >= 0.3 is 6.18 Å². The molecule has 0 saturated carbocycles. The average Bonchev–Trinajstić information content (AvgIpc) is 3.13. The SMILES string of the molecule is CNCc1cn(S(=O)(=O)c2cccnc2)c2cc(Nc3cccnc3C(F)(F)F)ccc12. The summed E-state index contributed by atoms with van der Waals surface area (Å²) in [6, 6.07) is 10.4. The van der Waals surface area contributed by atoms with Crippen LogP contribution in [0.2, 0.25) is 0 Å². The highest BCUT2D eigenvalue weighted by atomic mass is 32.2. The fraction of sp³-hybridized carbons (Fsp3) is 0.143. The van der Waals surface area contributed by atoms with Crippen LogP contribution >= 0.6 is 0 Å². The molecule has 1 aromatic carbocycles. The molecule has 0 aliphatic carbocycles. The van der Waals surface area contributed by atoms with Gasteiger partial charge in [0.1, 0.15) is 4.90 Å². The van der Waals surface area contributed by atoms with Crippen molar-refractivity contribution in [1.29, 1.82) is 0 Å². The van der Waals surface area contributed by atoms with E-state index in [1.165, 1.54) is 48.9 Å². The van der Waals surface area contributed by atoms with Crippen molar-refractivity contribution in [3.05, 3.63) is 78.5 Å². The molecule has 11 heteroatoms. The highest BCUT2D eigenvalue weighted by Gasteiger charge is 2.35. The molecule has 0 spiro atoms. The summed E-state index contributed by atoms with van der Waals surface area (Å²) >= 11 is 0. The Hall–Kier alpha value is -3.44. The molecule has 0 aliphatic rings. The molecular weight excluding hydrogens is 443 g/mol. The van der Waals surface area contributed by atoms with Gasteiger partial charge in [-0.1, -0.05) is 6.07 Å². The Morgan fingerprint density at radius 1 is 1.09 bits per heavy atom. The number of anilines is 2. The summed E-state index contributed by atoms with van der Waals surface area (Å²) in [5, 5.41) is 6.35. The van der Waals surface area contributed by atoms with Crippen LogP contribution in [0.15, 0.2) is 72.1 Å². The molecule has 0 bridgehead atoms. The lowest BCUT2D eigenvalue weighted by molar-refractivity contribution is -0.140. The van der Waals surface area contributed by atoms with Crippen LogP contribution in [-0.4, -0.2) is 29.4 Å². The van der Waals surface area contributed by atoms with E-state index in [1.807, 2.05) is 0 Å². The first-order valence-corrected chi connectivity index (χ1v) is 10.9. The van der Waals surface area contributed by atoms with Gasteiger partial charge in [-0.2, -0.15) is 13.2 Å². The zero-order chi connectivity index (χ0) is 22.9. The second kappa shape index (κ2) is 8.24. The van der Waals surface area contributed by atoms with Gasteiger partial charge in [-0.25, -0.2) is 17.4 Å². The second-order valence-corrected chi connectivity index (χ2v) is 8.74. The molecule has 166 valence electrons. The van der Waals surface area contributed by atoms with E-state index in [-0.39, 0.29) is 16.3 Å². The normalized spacial score (nSPS) is 12.2. The summed E-state index contributed by atoms with van der Waals surface area (Å²) < 4.78 is 67.5. The molecule has 32 heavy (non-hydrogen) atoms. The summed E-state index contributed by atoms with van der Waals surface area (Å²) in [5.74, 6) is 0. The number of rotatable bonds is 6. The molecule has 4 aromatic rings. The number of halogens is 3. The topological polar surface area (TPSA) is 88.9 Å². The Labute approximate surface area is 182 Å². The number of hydrogen-bond donors (Lipinski definition) is 2. The quantitative estimate of drug-likeness (QED) is 0.449. The minimum atomic E-state index is -4.64. The van der Waals surface area contributed by atoms with E-state index in [2.05, 4.69) is 20.6 Å². The van der Waals surface area contributed by atoms with Gasteiger partial charge in [-0.15, -0.1) is 0 Å². The second-order valence-electron chi connectivity index (χ2n) is 6.93. The molecule has 0 radical (unpaired) electrons. The van der Waals surface area contributed by atoms with Crippen LogP contribution in [0.5, 0.6) is 0 Å². The van der Waals surface area contributed by atoms with Gasteiger partial charge in [0.25, 0.3) is 10.0 Å². The third kappa shape index (κ3) is 4.04. The average molecular weight is 461 g/mol. The van der Waals surface area contributed by atoms with Crippen molar-refractivity contribution in [1.82, 2.24) is 19.3 Å². The number of nitrogens with one attached hydrogen (secondary N) is 2. The Kier molecular flexibility index (Phi) is 5.61. The number of nitrogens with zero attached hydrogens (tertiary/aromatic N) is 3. The fourth-order valence-corrected chi connectivity index (χ4v) is 4.72. The maximum absolute atomic E-state index is 13.3. The molecule has 0 amide bonds. The smallest absolute Gasteiger partial charge is 0.354 e. The van der Waals surface area contributed by atoms with Gasteiger partial charge in [0.15, 0.2) is 5.69 Å². The predicted molar refractivity (Wildman–Crippen MR) is 114 cm³/mol. The van der Waals surface area contributed by atoms with Crippen molar-refractivity contribution in [2.24, 2.45) is 0 Å². The highest BCUT2D eigenvalue weighted by molar-refractivity contribution is 7.90. The molecule has 4 rings (SSSR count). The maximum atomic E-state index is 13.3. The van der Waals surface area contributed by atoms with Crippen molar-refractivity contribution >= 4 is 32.3 Å². The number of pyridine rings is 2. The molecule has 3 heterocycles. The lowest BCUT2D eigenvalue weighted by atomic mass is 10.1. The largest absolute Gasteiger partial charge is 0.435 e. The summed E-state index contributed by atoms with van der Waals surface area (Å²) in [6.45, 7) is 0.402. The zero-order valence-corrected chi connectivity index (χ0v) is 17.6. The fourth-order valence-electron chi connectivity index (χ4n) is 3.37. The van der Waals surface area contributed by atoms with Crippen LogP contribution in [0.4, 0.5) is 24.5 Å². The van der Waals surface area contributed by atoms with Crippen LogP contribution in [0.3, 0.4) is 0 Å². The van der Waals surface area contributed by atoms with Crippen molar-refractivity contribution in [3.8, 4) is 0 Å². The highest BCUT2D eigenvalue weighted by Crippen LogP contribution is 2.35. The molecule has 0 fully saturated rings. The van der Waals surface area contributed by atoms with Crippen LogP contribution in [-0.2, 0) is 22.7 Å². The maximum Gasteiger partial charge on any atom is 0.435 e. The zero-order valence-electron chi connectivity index (χ0n) is 16.8. The van der Waals surface area contributed by atoms with Crippen LogP contribution in [0.25, 0.3) is 10.9 Å². The van der Waals surface area contributed by atoms with E-state index < -0.39 is 21.9 Å². The van der Waals surface area contributed by atoms with Crippen LogP contribution in [0, 0.1) is 0 Å². The predicted octanol–water partition coefficient (Wildman–Crippen LogP) is 4.15. The van der Waals surface area contributed by atoms with Crippen molar-refractivity contribution in [3.63, 3.8) is 0 Å². The van der Waals surface area contributed by atoms with E-state index in [9.17, 15) is 21.6 Å². The van der Waals surface area contributed by atoms with Gasteiger partial charge in [-0.05, 0) is 49.0 Å². The van der Waals surface area contributed by atoms with Crippen molar-refractivity contribution < 1.29 is 21.6 Å². The lowest BCUT2D eigenvalue weighted by Crippen LogP contribution is -2.13. The van der Waals surface area contributed by atoms with E-state index in [4.69, 9.17) is 0 Å². The first kappa shape index (κ1) is 21.8. The standard InChI is InChI=1S/C21H18F3N5O2S/c1-25-11-14-13-29(32(30,31)16-4-2-8-26-12-16)19-10-15(6-7-17(14)19)28-18-5-3-9-27-20(18)21(22,23)24/h2-10,12-13,25,28H,11H2,1H3. The van der Waals surface area contributed by atoms with Gasteiger partial charge in [-0.3, -0.25) is 4.98 Å². The Morgan fingerprint density at radius 3 is 2.56 bits per heavy atom. The molecular formula is C21H18F3N5O2S. The molecule has 0 saturated heterocycles. The number of benzene rings is 1. The van der Waals surface area contributed by atoms with E-state index in [0.717, 1.165) is 15.7 Å². The Bertz CT molecular complexity index is 1370. The summed E-state index contributed by atoms with van der Waals surface area (Å²) in [5.41, 5.74) is 0.0329. The molecule has 7 nitrogen and oxygen atoms in total. The number of alkyl halides is 3. The van der Waals surface area contributed by atoms with Gasteiger partial charge in [0, 0.05) is 42.4 Å². The molecule has 2 N–H and O–H groups in total. The first-order chi connectivity index (χ1) is 15.2. The first-order valence-electron chi connectivity index (χ1n) is 9.45. The summed E-state index contributed by atoms with van der Waals surface area (Å²) in [7, 11) is -2.25. The summed E-state index contributed by atoms with van der Waals surface area (Å²) in [4.78, 5) is 7.30. The third-order valence-corrected chi connectivity index (χ3v) is 6.43. The van der Waals surface area contributed by atoms with E-state index >= 15 is 0 Å². The lowest BCUT2D eigenvalue weighted by Gasteiger charge is -2.14. The van der Waals surface area contributed by atoms with Crippen molar-refractivity contribution in [2.75, 3.05) is 12.4 Å². The van der Waals surface area contributed by atoms with Gasteiger partial charge < -0.3 is 10.6 Å². The minimum absolute atomic E-state index is 0.00196.